The van der Waals surface area contributed by atoms with Crippen LogP contribution < -0.4 is 10.6 Å². The molecule has 1 aromatic heterocycles. The van der Waals surface area contributed by atoms with Gasteiger partial charge in [-0.2, -0.15) is 0 Å². The highest BCUT2D eigenvalue weighted by Crippen LogP contribution is 2.40. The first-order chi connectivity index (χ1) is 12.7. The Labute approximate surface area is 163 Å². The first-order valence-corrected chi connectivity index (χ1v) is 10.1. The van der Waals surface area contributed by atoms with Crippen LogP contribution in [0, 0.1) is 5.92 Å². The van der Waals surface area contributed by atoms with Gasteiger partial charge in [0.2, 0.25) is 11.8 Å². The normalized spacial score (nSPS) is 21.9. The van der Waals surface area contributed by atoms with Crippen LogP contribution in [-0.4, -0.2) is 55.0 Å². The Hall–Kier alpha value is -1.93. The third-order valence-electron chi connectivity index (χ3n) is 5.50. The summed E-state index contributed by atoms with van der Waals surface area (Å²) < 4.78 is 4.96. The van der Waals surface area contributed by atoms with Gasteiger partial charge in [-0.25, -0.2) is 4.79 Å². The summed E-state index contributed by atoms with van der Waals surface area (Å²) in [7, 11) is 1.36. The molecule has 1 atom stereocenters. The van der Waals surface area contributed by atoms with E-state index in [-0.39, 0.29) is 18.4 Å². The molecule has 1 saturated heterocycles. The van der Waals surface area contributed by atoms with E-state index in [4.69, 9.17) is 4.74 Å². The van der Waals surface area contributed by atoms with Crippen molar-refractivity contribution in [2.75, 3.05) is 32.1 Å². The molecule has 0 radical (unpaired) electrons. The molecule has 1 aliphatic carbocycles. The van der Waals surface area contributed by atoms with Gasteiger partial charge in [-0.05, 0) is 44.6 Å². The lowest BCUT2D eigenvalue weighted by molar-refractivity contribution is -0.136. The molecule has 1 aliphatic heterocycles. The lowest BCUT2D eigenvalue weighted by Gasteiger charge is -2.40. The predicted octanol–water partition coefficient (Wildman–Crippen LogP) is 1.81. The second-order valence-electron chi connectivity index (χ2n) is 7.83. The van der Waals surface area contributed by atoms with Gasteiger partial charge >= 0.3 is 5.97 Å². The summed E-state index contributed by atoms with van der Waals surface area (Å²) in [5.41, 5.74) is 0.761. The molecular weight excluding hydrogens is 366 g/mol. The van der Waals surface area contributed by atoms with Crippen LogP contribution in [0.2, 0.25) is 0 Å². The highest BCUT2D eigenvalue weighted by atomic mass is 32.1. The number of amides is 2. The van der Waals surface area contributed by atoms with E-state index in [1.807, 2.05) is 4.90 Å². The van der Waals surface area contributed by atoms with E-state index in [0.29, 0.717) is 29.6 Å². The number of anilines is 1. The van der Waals surface area contributed by atoms with Gasteiger partial charge in [-0.1, -0.05) is 6.92 Å². The van der Waals surface area contributed by atoms with Crippen molar-refractivity contribution in [1.29, 1.82) is 0 Å². The molecule has 1 fully saturated rings. The number of carbonyl (C=O) groups excluding carboxylic acids is 3. The second kappa shape index (κ2) is 7.59. The minimum atomic E-state index is -0.745. The Bertz CT molecular complexity index is 771. The predicted molar refractivity (Wildman–Crippen MR) is 104 cm³/mol. The molecule has 27 heavy (non-hydrogen) atoms. The number of esters is 1. The van der Waals surface area contributed by atoms with Crippen molar-refractivity contribution in [1.82, 2.24) is 10.2 Å². The number of hydrogen-bond donors (Lipinski definition) is 2. The number of thiophene rings is 1. The van der Waals surface area contributed by atoms with Crippen molar-refractivity contribution < 1.29 is 19.1 Å². The molecule has 3 rings (SSSR count). The first kappa shape index (κ1) is 19.8. The Morgan fingerprint density at radius 3 is 2.85 bits per heavy atom. The zero-order valence-electron chi connectivity index (χ0n) is 16.3. The molecule has 2 N–H and O–H groups in total. The average Bonchev–Trinajstić information content (AvgIpc) is 2.95. The zero-order valence-corrected chi connectivity index (χ0v) is 17.1. The van der Waals surface area contributed by atoms with Crippen LogP contribution in [0.1, 0.15) is 48.0 Å². The van der Waals surface area contributed by atoms with E-state index < -0.39 is 11.5 Å². The zero-order chi connectivity index (χ0) is 19.8. The maximum absolute atomic E-state index is 12.7. The van der Waals surface area contributed by atoms with Gasteiger partial charge in [0.05, 0.1) is 24.8 Å². The van der Waals surface area contributed by atoms with Gasteiger partial charge in [-0.3, -0.25) is 14.5 Å². The molecule has 2 amide bonds. The van der Waals surface area contributed by atoms with Crippen LogP contribution in [0.4, 0.5) is 5.00 Å². The van der Waals surface area contributed by atoms with E-state index >= 15 is 0 Å². The SMILES string of the molecule is COC(=O)c1c(NC(=O)CN2CCNC(=O)C2(C)C)sc2c1CCC(C)C2. The van der Waals surface area contributed by atoms with Crippen molar-refractivity contribution in [3.63, 3.8) is 0 Å². The third-order valence-corrected chi connectivity index (χ3v) is 6.67. The molecule has 8 heteroatoms. The number of piperazine rings is 1. The minimum Gasteiger partial charge on any atom is -0.465 e. The Morgan fingerprint density at radius 2 is 2.15 bits per heavy atom. The maximum Gasteiger partial charge on any atom is 0.341 e. The topological polar surface area (TPSA) is 87.7 Å². The van der Waals surface area contributed by atoms with Gasteiger partial charge in [0.1, 0.15) is 5.00 Å². The van der Waals surface area contributed by atoms with Crippen LogP contribution >= 0.6 is 11.3 Å². The highest BCUT2D eigenvalue weighted by molar-refractivity contribution is 7.17. The van der Waals surface area contributed by atoms with Gasteiger partial charge in [0.25, 0.3) is 0 Å². The molecule has 0 spiro atoms. The minimum absolute atomic E-state index is 0.0858. The monoisotopic (exact) mass is 393 g/mol. The smallest absolute Gasteiger partial charge is 0.341 e. The molecule has 7 nitrogen and oxygen atoms in total. The van der Waals surface area contributed by atoms with Crippen LogP contribution in [0.3, 0.4) is 0 Å². The summed E-state index contributed by atoms with van der Waals surface area (Å²) in [5.74, 6) is -0.153. The second-order valence-corrected chi connectivity index (χ2v) is 8.94. The van der Waals surface area contributed by atoms with Crippen molar-refractivity contribution in [2.24, 2.45) is 5.92 Å². The number of nitrogens with one attached hydrogen (secondary N) is 2. The lowest BCUT2D eigenvalue weighted by atomic mass is 9.88. The van der Waals surface area contributed by atoms with Crippen LogP contribution in [0.25, 0.3) is 0 Å². The quantitative estimate of drug-likeness (QED) is 0.762. The summed E-state index contributed by atoms with van der Waals surface area (Å²) >= 11 is 1.47. The van der Waals surface area contributed by atoms with Gasteiger partial charge < -0.3 is 15.4 Å². The van der Waals surface area contributed by atoms with Gasteiger partial charge in [-0.15, -0.1) is 11.3 Å². The van der Waals surface area contributed by atoms with E-state index in [1.54, 1.807) is 13.8 Å². The van der Waals surface area contributed by atoms with E-state index in [2.05, 4.69) is 17.6 Å². The third kappa shape index (κ3) is 3.87. The number of hydrogen-bond acceptors (Lipinski definition) is 6. The molecule has 2 heterocycles. The summed E-state index contributed by atoms with van der Waals surface area (Å²) in [5, 5.41) is 6.29. The summed E-state index contributed by atoms with van der Waals surface area (Å²) in [6.45, 7) is 7.03. The Morgan fingerprint density at radius 1 is 1.41 bits per heavy atom. The lowest BCUT2D eigenvalue weighted by Crippen LogP contribution is -2.62. The van der Waals surface area contributed by atoms with Gasteiger partial charge in [0.15, 0.2) is 0 Å². The van der Waals surface area contributed by atoms with Crippen molar-refractivity contribution >= 4 is 34.1 Å². The molecule has 2 aliphatic rings. The number of carbonyl (C=O) groups is 3. The summed E-state index contributed by atoms with van der Waals surface area (Å²) in [6, 6.07) is 0. The maximum atomic E-state index is 12.7. The summed E-state index contributed by atoms with van der Waals surface area (Å²) in [4.78, 5) is 40.1. The molecule has 1 unspecified atom stereocenters. The first-order valence-electron chi connectivity index (χ1n) is 9.30. The standard InChI is InChI=1S/C19H27N3O4S/c1-11-5-6-12-13(9-11)27-16(15(12)17(24)26-4)21-14(23)10-22-8-7-20-18(25)19(22,2)3/h11H,5-10H2,1-4H3,(H,20,25)(H,21,23). The van der Waals surface area contributed by atoms with Crippen LogP contribution in [0.15, 0.2) is 0 Å². The van der Waals surface area contributed by atoms with Crippen molar-refractivity contribution in [3.8, 4) is 0 Å². The molecule has 148 valence electrons. The van der Waals surface area contributed by atoms with Crippen LogP contribution in [0.5, 0.6) is 0 Å². The fourth-order valence-electron chi connectivity index (χ4n) is 3.72. The Kier molecular flexibility index (Phi) is 5.58. The van der Waals surface area contributed by atoms with Crippen molar-refractivity contribution in [2.45, 2.75) is 45.6 Å². The molecule has 1 aromatic rings. The highest BCUT2D eigenvalue weighted by Gasteiger charge is 2.38. The van der Waals surface area contributed by atoms with E-state index in [1.165, 1.54) is 18.4 Å². The van der Waals surface area contributed by atoms with Crippen molar-refractivity contribution in [3.05, 3.63) is 16.0 Å². The molecule has 0 bridgehead atoms. The number of methoxy groups -OCH3 is 1. The van der Waals surface area contributed by atoms with E-state index in [0.717, 1.165) is 29.7 Å². The largest absolute Gasteiger partial charge is 0.465 e. The number of fused-ring (bicyclic) bond motifs is 1. The fourth-order valence-corrected chi connectivity index (χ4v) is 5.13. The number of ether oxygens (including phenoxy) is 1. The molecule has 0 aromatic carbocycles. The number of nitrogens with zero attached hydrogens (tertiary/aromatic N) is 1. The van der Waals surface area contributed by atoms with Gasteiger partial charge in [0, 0.05) is 18.0 Å². The fraction of sp³-hybridized carbons (Fsp3) is 0.632. The molecular formula is C19H27N3O4S. The Balaban J connectivity index is 1.79. The number of rotatable bonds is 4. The van der Waals surface area contributed by atoms with Crippen LogP contribution in [-0.2, 0) is 27.2 Å². The molecule has 0 saturated carbocycles. The van der Waals surface area contributed by atoms with E-state index in [9.17, 15) is 14.4 Å². The summed E-state index contributed by atoms with van der Waals surface area (Å²) in [6.07, 6.45) is 2.77. The average molecular weight is 394 g/mol.